The number of ether oxygens (including phenoxy) is 1. The highest BCUT2D eigenvalue weighted by Gasteiger charge is 2.09. The Bertz CT molecular complexity index is 781. The highest BCUT2D eigenvalue weighted by Crippen LogP contribution is 2.15. The standard InChI is InChI=1S/C17H19ClN4O3/c1-12(10-15(21-24-3)17(23)19-2)11-25-16-8-9-22(20-16)14-6-4-13(18)5-7-14/h4-10H,11H2,1-3H3,(H,19,23)/b12-10+,21-15+. The molecule has 0 aliphatic heterocycles. The van der Waals surface area contributed by atoms with Gasteiger partial charge in [0.05, 0.1) is 5.69 Å². The van der Waals surface area contributed by atoms with Crippen LogP contribution in [0, 0.1) is 0 Å². The second-order valence-electron chi connectivity index (χ2n) is 5.09. The number of rotatable bonds is 7. The maximum Gasteiger partial charge on any atom is 0.273 e. The molecule has 0 saturated heterocycles. The van der Waals surface area contributed by atoms with Gasteiger partial charge in [-0.1, -0.05) is 16.8 Å². The van der Waals surface area contributed by atoms with Crippen LogP contribution in [-0.4, -0.2) is 42.2 Å². The maximum atomic E-state index is 11.7. The highest BCUT2D eigenvalue weighted by atomic mass is 35.5. The molecule has 1 heterocycles. The van der Waals surface area contributed by atoms with Gasteiger partial charge >= 0.3 is 0 Å². The molecule has 132 valence electrons. The SMILES string of the molecule is CNC(=O)C(/C=C(\C)COc1ccn(-c2ccc(Cl)cc2)n1)=N/OC. The van der Waals surface area contributed by atoms with E-state index in [0.29, 0.717) is 10.9 Å². The molecule has 25 heavy (non-hydrogen) atoms. The Balaban J connectivity index is 2.01. The van der Waals surface area contributed by atoms with Crippen LogP contribution in [0.15, 0.2) is 53.3 Å². The van der Waals surface area contributed by atoms with Crippen LogP contribution in [0.1, 0.15) is 6.92 Å². The van der Waals surface area contributed by atoms with Crippen LogP contribution in [-0.2, 0) is 9.63 Å². The lowest BCUT2D eigenvalue weighted by molar-refractivity contribution is -0.114. The first kappa shape index (κ1) is 18.5. The van der Waals surface area contributed by atoms with E-state index in [4.69, 9.17) is 16.3 Å². The van der Waals surface area contributed by atoms with Crippen molar-refractivity contribution in [2.75, 3.05) is 20.8 Å². The second-order valence-corrected chi connectivity index (χ2v) is 5.53. The van der Waals surface area contributed by atoms with Gasteiger partial charge in [-0.05, 0) is 42.8 Å². The lowest BCUT2D eigenvalue weighted by Gasteiger charge is -2.05. The number of carbonyl (C=O) groups excluding carboxylic acids is 1. The van der Waals surface area contributed by atoms with Crippen molar-refractivity contribution in [1.29, 1.82) is 0 Å². The van der Waals surface area contributed by atoms with Gasteiger partial charge in [-0.2, -0.15) is 0 Å². The zero-order valence-electron chi connectivity index (χ0n) is 14.2. The van der Waals surface area contributed by atoms with Crippen molar-refractivity contribution in [3.05, 3.63) is 53.2 Å². The smallest absolute Gasteiger partial charge is 0.273 e. The molecule has 0 spiro atoms. The number of halogens is 1. The lowest BCUT2D eigenvalue weighted by Crippen LogP contribution is -2.26. The van der Waals surface area contributed by atoms with E-state index in [-0.39, 0.29) is 18.2 Å². The van der Waals surface area contributed by atoms with Crippen molar-refractivity contribution in [3.63, 3.8) is 0 Å². The van der Waals surface area contributed by atoms with Gasteiger partial charge in [0.15, 0.2) is 5.71 Å². The predicted octanol–water partition coefficient (Wildman–Crippen LogP) is 2.60. The zero-order chi connectivity index (χ0) is 18.2. The van der Waals surface area contributed by atoms with Gasteiger partial charge in [-0.25, -0.2) is 4.68 Å². The number of aromatic nitrogens is 2. The summed E-state index contributed by atoms with van der Waals surface area (Å²) in [5, 5.41) is 11.2. The number of amides is 1. The van der Waals surface area contributed by atoms with Crippen LogP contribution in [0.2, 0.25) is 5.02 Å². The number of oxime groups is 1. The molecule has 7 nitrogen and oxygen atoms in total. The summed E-state index contributed by atoms with van der Waals surface area (Å²) >= 11 is 5.88. The fourth-order valence-electron chi connectivity index (χ4n) is 1.94. The average molecular weight is 363 g/mol. The van der Waals surface area contributed by atoms with Gasteiger partial charge < -0.3 is 14.9 Å². The number of benzene rings is 1. The number of hydrogen-bond donors (Lipinski definition) is 1. The molecule has 0 saturated carbocycles. The first-order chi connectivity index (χ1) is 12.0. The van der Waals surface area contributed by atoms with E-state index in [1.54, 1.807) is 35.2 Å². The third-order valence-electron chi connectivity index (χ3n) is 3.14. The summed E-state index contributed by atoms with van der Waals surface area (Å²) in [4.78, 5) is 16.3. The van der Waals surface area contributed by atoms with Crippen LogP contribution in [0.4, 0.5) is 0 Å². The Kier molecular flexibility index (Phi) is 6.59. The summed E-state index contributed by atoms with van der Waals surface area (Å²) < 4.78 is 7.32. The molecule has 0 atom stereocenters. The van der Waals surface area contributed by atoms with Gasteiger partial charge in [0.2, 0.25) is 5.88 Å². The summed E-state index contributed by atoms with van der Waals surface area (Å²) in [6.07, 6.45) is 3.39. The fraction of sp³-hybridized carbons (Fsp3) is 0.235. The van der Waals surface area contributed by atoms with Gasteiger partial charge in [0.1, 0.15) is 13.7 Å². The van der Waals surface area contributed by atoms with Crippen molar-refractivity contribution in [2.24, 2.45) is 5.16 Å². The molecule has 1 N–H and O–H groups in total. The number of carbonyl (C=O) groups is 1. The van der Waals surface area contributed by atoms with E-state index in [9.17, 15) is 4.79 Å². The van der Waals surface area contributed by atoms with E-state index in [1.165, 1.54) is 14.2 Å². The molecule has 1 aromatic carbocycles. The minimum atomic E-state index is -0.340. The molecule has 2 aromatic rings. The van der Waals surface area contributed by atoms with Gasteiger partial charge in [0.25, 0.3) is 5.91 Å². The molecule has 0 aliphatic carbocycles. The summed E-state index contributed by atoms with van der Waals surface area (Å²) in [6.45, 7) is 2.08. The van der Waals surface area contributed by atoms with Crippen LogP contribution in [0.25, 0.3) is 5.69 Å². The van der Waals surface area contributed by atoms with E-state index < -0.39 is 0 Å². The summed E-state index contributed by atoms with van der Waals surface area (Å²) in [7, 11) is 2.91. The van der Waals surface area contributed by atoms with E-state index in [2.05, 4.69) is 20.4 Å². The van der Waals surface area contributed by atoms with Crippen molar-refractivity contribution >= 4 is 23.2 Å². The zero-order valence-corrected chi connectivity index (χ0v) is 14.9. The summed E-state index contributed by atoms with van der Waals surface area (Å²) in [5.74, 6) is 0.126. The van der Waals surface area contributed by atoms with Crippen LogP contribution >= 0.6 is 11.6 Å². The minimum absolute atomic E-state index is 0.165. The third-order valence-corrected chi connectivity index (χ3v) is 3.39. The van der Waals surface area contributed by atoms with Crippen LogP contribution in [0.5, 0.6) is 5.88 Å². The van der Waals surface area contributed by atoms with E-state index >= 15 is 0 Å². The molecule has 1 aromatic heterocycles. The van der Waals surface area contributed by atoms with Gasteiger partial charge in [-0.3, -0.25) is 4.79 Å². The molecular formula is C17H19ClN4O3. The largest absolute Gasteiger partial charge is 0.472 e. The number of nitrogens with one attached hydrogen (secondary N) is 1. The summed E-state index contributed by atoms with van der Waals surface area (Å²) in [6, 6.07) is 9.07. The first-order valence-corrected chi connectivity index (χ1v) is 7.86. The van der Waals surface area contributed by atoms with E-state index in [0.717, 1.165) is 11.3 Å². The molecule has 0 unspecified atom stereocenters. The lowest BCUT2D eigenvalue weighted by atomic mass is 10.2. The molecule has 2 rings (SSSR count). The molecular weight excluding hydrogens is 344 g/mol. The van der Waals surface area contributed by atoms with Crippen LogP contribution < -0.4 is 10.1 Å². The fourth-order valence-corrected chi connectivity index (χ4v) is 2.07. The Morgan fingerprint density at radius 2 is 2.08 bits per heavy atom. The molecule has 8 heteroatoms. The van der Waals surface area contributed by atoms with Crippen molar-refractivity contribution in [1.82, 2.24) is 15.1 Å². The topological polar surface area (TPSA) is 77.7 Å². The Labute approximate surface area is 150 Å². The first-order valence-electron chi connectivity index (χ1n) is 7.48. The van der Waals surface area contributed by atoms with Gasteiger partial charge in [0, 0.05) is 24.3 Å². The molecule has 0 radical (unpaired) electrons. The predicted molar refractivity (Wildman–Crippen MR) is 96.3 cm³/mol. The average Bonchev–Trinajstić information content (AvgIpc) is 3.08. The normalized spacial score (nSPS) is 12.0. The molecule has 0 aliphatic rings. The van der Waals surface area contributed by atoms with Crippen molar-refractivity contribution in [3.8, 4) is 11.6 Å². The monoisotopic (exact) mass is 362 g/mol. The number of nitrogens with zero attached hydrogens (tertiary/aromatic N) is 3. The van der Waals surface area contributed by atoms with Crippen LogP contribution in [0.3, 0.4) is 0 Å². The number of hydrogen-bond acceptors (Lipinski definition) is 5. The van der Waals surface area contributed by atoms with Gasteiger partial charge in [-0.15, -0.1) is 5.10 Å². The molecule has 0 bridgehead atoms. The maximum absolute atomic E-state index is 11.7. The highest BCUT2D eigenvalue weighted by molar-refractivity contribution is 6.43. The molecule has 1 amide bonds. The minimum Gasteiger partial charge on any atom is -0.472 e. The Morgan fingerprint density at radius 3 is 2.72 bits per heavy atom. The second kappa shape index (κ2) is 8.89. The quantitative estimate of drug-likeness (QED) is 0.606. The van der Waals surface area contributed by atoms with Crippen molar-refractivity contribution < 1.29 is 14.4 Å². The van der Waals surface area contributed by atoms with E-state index in [1.807, 2.05) is 19.1 Å². The summed E-state index contributed by atoms with van der Waals surface area (Å²) in [5.41, 5.74) is 1.83. The Hall–Kier alpha value is -2.80. The third kappa shape index (κ3) is 5.36. The molecule has 0 fully saturated rings. The Morgan fingerprint density at radius 1 is 1.36 bits per heavy atom. The van der Waals surface area contributed by atoms with Crippen molar-refractivity contribution in [2.45, 2.75) is 6.92 Å².